The number of nitrogens with one attached hydrogen (secondary N) is 1. The van der Waals surface area contributed by atoms with E-state index >= 15 is 0 Å². The van der Waals surface area contributed by atoms with Gasteiger partial charge in [-0.25, -0.2) is 4.98 Å². The molecule has 0 spiro atoms. The van der Waals surface area contributed by atoms with Gasteiger partial charge in [-0.1, -0.05) is 12.1 Å². The third-order valence-electron chi connectivity index (χ3n) is 2.71. The van der Waals surface area contributed by atoms with Crippen LogP contribution < -0.4 is 11.1 Å². The number of amides is 1. The van der Waals surface area contributed by atoms with Gasteiger partial charge in [0.25, 0.3) is 0 Å². The van der Waals surface area contributed by atoms with Crippen LogP contribution >= 0.6 is 0 Å². The van der Waals surface area contributed by atoms with E-state index in [4.69, 9.17) is 5.73 Å². The Morgan fingerprint density at radius 3 is 2.79 bits per heavy atom. The van der Waals surface area contributed by atoms with Gasteiger partial charge in [0.2, 0.25) is 5.91 Å². The van der Waals surface area contributed by atoms with Gasteiger partial charge in [-0.2, -0.15) is 0 Å². The van der Waals surface area contributed by atoms with Crippen molar-refractivity contribution < 1.29 is 4.79 Å². The Balaban J connectivity index is 1.87. The van der Waals surface area contributed by atoms with E-state index in [2.05, 4.69) is 10.3 Å². The van der Waals surface area contributed by atoms with Gasteiger partial charge in [-0.3, -0.25) is 4.79 Å². The summed E-state index contributed by atoms with van der Waals surface area (Å²) in [5.74, 6) is 0.661. The summed E-state index contributed by atoms with van der Waals surface area (Å²) in [5, 5.41) is 2.77. The van der Waals surface area contributed by atoms with Crippen molar-refractivity contribution in [1.29, 1.82) is 0 Å². The number of nitrogens with two attached hydrogens (primary N) is 1. The van der Waals surface area contributed by atoms with Gasteiger partial charge in [0.15, 0.2) is 0 Å². The number of nitrogens with zero attached hydrogens (tertiary/aromatic N) is 2. The number of carbonyl (C=O) groups excluding carboxylic acids is 1. The van der Waals surface area contributed by atoms with Crippen molar-refractivity contribution >= 4 is 17.7 Å². The third-order valence-corrected chi connectivity index (χ3v) is 2.71. The molecule has 1 heterocycles. The van der Waals surface area contributed by atoms with E-state index in [1.54, 1.807) is 24.4 Å². The lowest BCUT2D eigenvalue weighted by molar-refractivity contribution is -0.116. The molecule has 98 valence electrons. The first kappa shape index (κ1) is 12.9. The van der Waals surface area contributed by atoms with Crippen LogP contribution in [0.4, 0.5) is 5.69 Å². The minimum atomic E-state index is -0.153. The predicted octanol–water partition coefficient (Wildman–Crippen LogP) is 1.33. The average Bonchev–Trinajstić information content (AvgIpc) is 2.81. The van der Waals surface area contributed by atoms with E-state index in [0.717, 1.165) is 11.4 Å². The first-order valence-electron chi connectivity index (χ1n) is 5.93. The van der Waals surface area contributed by atoms with E-state index in [-0.39, 0.29) is 5.91 Å². The Hall–Kier alpha value is -2.56. The van der Waals surface area contributed by atoms with Gasteiger partial charge in [-0.05, 0) is 23.8 Å². The Morgan fingerprint density at radius 2 is 2.16 bits per heavy atom. The highest BCUT2D eigenvalue weighted by molar-refractivity contribution is 5.91. The number of aromatic nitrogens is 2. The fourth-order valence-corrected chi connectivity index (χ4v) is 1.57. The molecule has 3 N–H and O–H groups in total. The molecule has 1 aromatic heterocycles. The van der Waals surface area contributed by atoms with Crippen LogP contribution in [0.1, 0.15) is 11.4 Å². The first-order valence-corrected chi connectivity index (χ1v) is 5.93. The number of nitrogen functional groups attached to an aromatic ring is 1. The summed E-state index contributed by atoms with van der Waals surface area (Å²) >= 11 is 0. The highest BCUT2D eigenvalue weighted by Gasteiger charge is 2.00. The number of imidazole rings is 1. The van der Waals surface area contributed by atoms with E-state index < -0.39 is 0 Å². The minimum absolute atomic E-state index is 0.153. The topological polar surface area (TPSA) is 72.9 Å². The van der Waals surface area contributed by atoms with Crippen molar-refractivity contribution in [1.82, 2.24) is 14.9 Å². The van der Waals surface area contributed by atoms with Crippen LogP contribution in [0.3, 0.4) is 0 Å². The van der Waals surface area contributed by atoms with Gasteiger partial charge >= 0.3 is 0 Å². The number of aryl methyl sites for hydroxylation is 1. The molecule has 0 atom stereocenters. The standard InChI is InChI=1S/C14H16N4O/c1-18-9-8-16-13(18)10-17-14(19)7-4-11-2-5-12(15)6-3-11/h2-9H,10,15H2,1H3,(H,17,19)/b7-4+. The summed E-state index contributed by atoms with van der Waals surface area (Å²) in [4.78, 5) is 15.8. The fourth-order valence-electron chi connectivity index (χ4n) is 1.57. The second-order valence-electron chi connectivity index (χ2n) is 4.17. The van der Waals surface area contributed by atoms with Crippen molar-refractivity contribution in [2.75, 3.05) is 5.73 Å². The van der Waals surface area contributed by atoms with Crippen LogP contribution in [-0.4, -0.2) is 15.5 Å². The van der Waals surface area contributed by atoms with Gasteiger partial charge < -0.3 is 15.6 Å². The molecule has 0 aliphatic rings. The number of carbonyl (C=O) groups is 1. The van der Waals surface area contributed by atoms with Crippen LogP contribution in [-0.2, 0) is 18.4 Å². The zero-order chi connectivity index (χ0) is 13.7. The number of benzene rings is 1. The lowest BCUT2D eigenvalue weighted by atomic mass is 10.2. The number of rotatable bonds is 4. The Bertz CT molecular complexity index is 584. The average molecular weight is 256 g/mol. The van der Waals surface area contributed by atoms with Gasteiger partial charge in [-0.15, -0.1) is 0 Å². The summed E-state index contributed by atoms with van der Waals surface area (Å²) in [5.41, 5.74) is 7.22. The maximum Gasteiger partial charge on any atom is 0.244 e. The van der Waals surface area contributed by atoms with Crippen LogP contribution in [0.25, 0.3) is 6.08 Å². The zero-order valence-electron chi connectivity index (χ0n) is 10.7. The quantitative estimate of drug-likeness (QED) is 0.640. The first-order chi connectivity index (χ1) is 9.15. The van der Waals surface area contributed by atoms with E-state index in [9.17, 15) is 4.79 Å². The van der Waals surface area contributed by atoms with Crippen LogP contribution in [0.2, 0.25) is 0 Å². The monoisotopic (exact) mass is 256 g/mol. The summed E-state index contributed by atoms with van der Waals surface area (Å²) in [6.45, 7) is 0.411. The van der Waals surface area contributed by atoms with Gasteiger partial charge in [0.05, 0.1) is 6.54 Å². The fraction of sp³-hybridized carbons (Fsp3) is 0.143. The SMILES string of the molecule is Cn1ccnc1CNC(=O)/C=C/c1ccc(N)cc1. The van der Waals surface area contributed by atoms with Crippen molar-refractivity contribution in [3.05, 3.63) is 54.1 Å². The Kier molecular flexibility index (Phi) is 3.97. The molecule has 0 aliphatic carbocycles. The Labute approximate surface area is 111 Å². The summed E-state index contributed by atoms with van der Waals surface area (Å²) < 4.78 is 1.87. The molecule has 0 saturated heterocycles. The molecule has 1 amide bonds. The molecular weight excluding hydrogens is 240 g/mol. The van der Waals surface area contributed by atoms with Crippen molar-refractivity contribution in [2.24, 2.45) is 7.05 Å². The molecule has 0 bridgehead atoms. The Morgan fingerprint density at radius 1 is 1.42 bits per heavy atom. The van der Waals surface area contributed by atoms with Gasteiger partial charge in [0.1, 0.15) is 5.82 Å². The number of hydrogen-bond acceptors (Lipinski definition) is 3. The van der Waals surface area contributed by atoms with Crippen LogP contribution in [0.5, 0.6) is 0 Å². The smallest absolute Gasteiger partial charge is 0.244 e. The molecule has 0 aliphatic heterocycles. The lowest BCUT2D eigenvalue weighted by Gasteiger charge is -2.02. The highest BCUT2D eigenvalue weighted by atomic mass is 16.1. The largest absolute Gasteiger partial charge is 0.399 e. The van der Waals surface area contributed by atoms with Crippen LogP contribution in [0.15, 0.2) is 42.7 Å². The maximum atomic E-state index is 11.6. The second kappa shape index (κ2) is 5.86. The molecule has 5 heteroatoms. The number of anilines is 1. The second-order valence-corrected chi connectivity index (χ2v) is 4.17. The molecule has 0 unspecified atom stereocenters. The lowest BCUT2D eigenvalue weighted by Crippen LogP contribution is -2.22. The molecule has 2 rings (SSSR count). The molecule has 19 heavy (non-hydrogen) atoms. The van der Waals surface area contributed by atoms with Gasteiger partial charge in [0, 0.05) is 31.2 Å². The molecule has 0 fully saturated rings. The van der Waals surface area contributed by atoms with Crippen molar-refractivity contribution in [2.45, 2.75) is 6.54 Å². The molecule has 0 radical (unpaired) electrons. The number of hydrogen-bond donors (Lipinski definition) is 2. The molecule has 5 nitrogen and oxygen atoms in total. The molecule has 2 aromatic rings. The summed E-state index contributed by atoms with van der Waals surface area (Å²) in [6.07, 6.45) is 6.78. The molecule has 1 aromatic carbocycles. The molecule has 0 saturated carbocycles. The minimum Gasteiger partial charge on any atom is -0.399 e. The summed E-state index contributed by atoms with van der Waals surface area (Å²) in [6, 6.07) is 7.31. The van der Waals surface area contributed by atoms with Crippen molar-refractivity contribution in [3.8, 4) is 0 Å². The van der Waals surface area contributed by atoms with Crippen molar-refractivity contribution in [3.63, 3.8) is 0 Å². The van der Waals surface area contributed by atoms with E-state index in [0.29, 0.717) is 12.2 Å². The third kappa shape index (κ3) is 3.70. The van der Waals surface area contributed by atoms with E-state index in [1.165, 1.54) is 6.08 Å². The normalized spacial score (nSPS) is 10.8. The zero-order valence-corrected chi connectivity index (χ0v) is 10.7. The van der Waals surface area contributed by atoms with Crippen LogP contribution in [0, 0.1) is 0 Å². The highest BCUT2D eigenvalue weighted by Crippen LogP contribution is 2.06. The molecular formula is C14H16N4O. The van der Waals surface area contributed by atoms with E-state index in [1.807, 2.05) is 29.9 Å². The maximum absolute atomic E-state index is 11.6. The summed E-state index contributed by atoms with van der Waals surface area (Å²) in [7, 11) is 1.89. The predicted molar refractivity (Wildman–Crippen MR) is 74.9 cm³/mol.